The maximum Gasteiger partial charge on any atom is 0.144 e. The summed E-state index contributed by atoms with van der Waals surface area (Å²) in [6.45, 7) is 5.59. The van der Waals surface area contributed by atoms with Gasteiger partial charge in [0, 0.05) is 17.6 Å². The fraction of sp³-hybridized carbons (Fsp3) is 0.800. The molecular formula is C10H16O2S. The third-order valence-corrected chi connectivity index (χ3v) is 2.71. The van der Waals surface area contributed by atoms with E-state index in [1.165, 1.54) is 0 Å². The summed E-state index contributed by atoms with van der Waals surface area (Å²) in [4.78, 5) is 23.2. The van der Waals surface area contributed by atoms with Crippen molar-refractivity contribution < 1.29 is 9.59 Å². The molecule has 3 heteroatoms. The van der Waals surface area contributed by atoms with Gasteiger partial charge in [0.25, 0.3) is 0 Å². The van der Waals surface area contributed by atoms with E-state index in [-0.39, 0.29) is 17.5 Å². The molecule has 0 spiro atoms. The highest BCUT2D eigenvalue weighted by Crippen LogP contribution is 2.33. The molecule has 0 bridgehead atoms. The Labute approximate surface area is 84.5 Å². The standard InChI is InChI=1S/C10H16O2S/c1-6-4-7(11)9(8(12)5-6)10(2,3)13/h6,9,13H,4-5H2,1-3H3. The van der Waals surface area contributed by atoms with Crippen LogP contribution in [0.5, 0.6) is 0 Å². The zero-order valence-electron chi connectivity index (χ0n) is 8.33. The molecule has 1 aliphatic carbocycles. The number of thiol groups is 1. The molecule has 0 aromatic heterocycles. The van der Waals surface area contributed by atoms with Crippen LogP contribution in [0.4, 0.5) is 0 Å². The van der Waals surface area contributed by atoms with Gasteiger partial charge in [-0.2, -0.15) is 12.6 Å². The predicted molar refractivity (Wildman–Crippen MR) is 55.0 cm³/mol. The van der Waals surface area contributed by atoms with E-state index in [2.05, 4.69) is 12.6 Å². The highest BCUT2D eigenvalue weighted by atomic mass is 32.1. The topological polar surface area (TPSA) is 34.1 Å². The van der Waals surface area contributed by atoms with Crippen molar-refractivity contribution in [3.8, 4) is 0 Å². The van der Waals surface area contributed by atoms with Crippen molar-refractivity contribution in [3.63, 3.8) is 0 Å². The zero-order chi connectivity index (χ0) is 10.2. The summed E-state index contributed by atoms with van der Waals surface area (Å²) in [5.41, 5.74) is 0. The van der Waals surface area contributed by atoms with Gasteiger partial charge >= 0.3 is 0 Å². The summed E-state index contributed by atoms with van der Waals surface area (Å²) in [6.07, 6.45) is 1.06. The molecule has 2 nitrogen and oxygen atoms in total. The van der Waals surface area contributed by atoms with E-state index >= 15 is 0 Å². The van der Waals surface area contributed by atoms with Crippen molar-refractivity contribution in [2.45, 2.75) is 38.4 Å². The molecule has 1 fully saturated rings. The van der Waals surface area contributed by atoms with E-state index in [1.54, 1.807) is 0 Å². The van der Waals surface area contributed by atoms with Crippen LogP contribution in [0.3, 0.4) is 0 Å². The van der Waals surface area contributed by atoms with Crippen LogP contribution in [0.1, 0.15) is 33.6 Å². The van der Waals surface area contributed by atoms with Gasteiger partial charge in [-0.1, -0.05) is 6.92 Å². The smallest absolute Gasteiger partial charge is 0.144 e. The summed E-state index contributed by atoms with van der Waals surface area (Å²) >= 11 is 4.30. The first kappa shape index (κ1) is 10.8. The van der Waals surface area contributed by atoms with Gasteiger partial charge in [-0.05, 0) is 19.8 Å². The number of hydrogen-bond acceptors (Lipinski definition) is 3. The summed E-state index contributed by atoms with van der Waals surface area (Å²) < 4.78 is -0.506. The average molecular weight is 200 g/mol. The maximum atomic E-state index is 11.6. The Hall–Kier alpha value is -0.310. The van der Waals surface area contributed by atoms with Crippen LogP contribution in [0.25, 0.3) is 0 Å². The number of carbonyl (C=O) groups is 2. The molecule has 1 aliphatic rings. The van der Waals surface area contributed by atoms with E-state index in [1.807, 2.05) is 20.8 Å². The molecule has 0 N–H and O–H groups in total. The minimum absolute atomic E-state index is 0.0590. The first-order chi connectivity index (χ1) is 5.82. The van der Waals surface area contributed by atoms with Crippen molar-refractivity contribution in [2.24, 2.45) is 11.8 Å². The molecule has 0 heterocycles. The Kier molecular flexibility index (Phi) is 2.85. The fourth-order valence-corrected chi connectivity index (χ4v) is 2.25. The molecule has 0 atom stereocenters. The van der Waals surface area contributed by atoms with Crippen LogP contribution in [0.2, 0.25) is 0 Å². The molecule has 13 heavy (non-hydrogen) atoms. The van der Waals surface area contributed by atoms with Crippen molar-refractivity contribution in [3.05, 3.63) is 0 Å². The van der Waals surface area contributed by atoms with Gasteiger partial charge in [0.2, 0.25) is 0 Å². The van der Waals surface area contributed by atoms with Gasteiger partial charge in [-0.25, -0.2) is 0 Å². The Morgan fingerprint density at radius 2 is 1.62 bits per heavy atom. The second-order valence-corrected chi connectivity index (χ2v) is 5.69. The Morgan fingerprint density at radius 1 is 1.23 bits per heavy atom. The lowest BCUT2D eigenvalue weighted by atomic mass is 9.75. The third-order valence-electron chi connectivity index (χ3n) is 2.45. The van der Waals surface area contributed by atoms with E-state index in [0.29, 0.717) is 12.8 Å². The summed E-state index contributed by atoms with van der Waals surface area (Å²) in [5.74, 6) is -0.161. The van der Waals surface area contributed by atoms with Crippen LogP contribution >= 0.6 is 12.6 Å². The lowest BCUT2D eigenvalue weighted by Crippen LogP contribution is -2.43. The lowest BCUT2D eigenvalue weighted by molar-refractivity contribution is -0.138. The lowest BCUT2D eigenvalue weighted by Gasteiger charge is -2.32. The van der Waals surface area contributed by atoms with E-state index < -0.39 is 10.7 Å². The number of hydrogen-bond donors (Lipinski definition) is 1. The van der Waals surface area contributed by atoms with Crippen LogP contribution in [-0.4, -0.2) is 16.3 Å². The summed E-state index contributed by atoms with van der Waals surface area (Å²) in [7, 11) is 0. The van der Waals surface area contributed by atoms with Crippen LogP contribution < -0.4 is 0 Å². The Morgan fingerprint density at radius 3 is 1.92 bits per heavy atom. The molecule has 0 aromatic carbocycles. The quantitative estimate of drug-likeness (QED) is 0.518. The third kappa shape index (κ3) is 2.33. The summed E-state index contributed by atoms with van der Waals surface area (Å²) in [6, 6.07) is 0. The molecule has 0 unspecified atom stereocenters. The van der Waals surface area contributed by atoms with E-state index in [9.17, 15) is 9.59 Å². The highest BCUT2D eigenvalue weighted by Gasteiger charge is 2.41. The second-order valence-electron chi connectivity index (χ2n) is 4.53. The first-order valence-corrected chi connectivity index (χ1v) is 5.05. The van der Waals surface area contributed by atoms with E-state index in [0.717, 1.165) is 0 Å². The minimum Gasteiger partial charge on any atom is -0.299 e. The van der Waals surface area contributed by atoms with Gasteiger partial charge < -0.3 is 0 Å². The first-order valence-electron chi connectivity index (χ1n) is 4.60. The van der Waals surface area contributed by atoms with Crippen molar-refractivity contribution in [2.75, 3.05) is 0 Å². The number of carbonyl (C=O) groups excluding carboxylic acids is 2. The van der Waals surface area contributed by atoms with Gasteiger partial charge in [-0.3, -0.25) is 9.59 Å². The molecule has 0 radical (unpaired) electrons. The van der Waals surface area contributed by atoms with Crippen molar-refractivity contribution >= 4 is 24.2 Å². The summed E-state index contributed by atoms with van der Waals surface area (Å²) in [5, 5.41) is 0. The Bertz CT molecular complexity index is 222. The zero-order valence-corrected chi connectivity index (χ0v) is 9.23. The fourth-order valence-electron chi connectivity index (χ4n) is 1.96. The minimum atomic E-state index is -0.506. The van der Waals surface area contributed by atoms with Crippen LogP contribution in [0, 0.1) is 11.8 Å². The predicted octanol–water partition coefficient (Wildman–Crippen LogP) is 1.88. The monoisotopic (exact) mass is 200 g/mol. The van der Waals surface area contributed by atoms with Gasteiger partial charge in [0.1, 0.15) is 11.6 Å². The molecule has 0 aliphatic heterocycles. The second kappa shape index (κ2) is 3.45. The molecule has 1 rings (SSSR count). The normalized spacial score (nSPS) is 30.8. The number of Topliss-reactive ketones (excluding diaryl/α,β-unsaturated/α-hetero) is 2. The molecule has 0 aromatic rings. The average Bonchev–Trinajstić information content (AvgIpc) is 1.78. The molecule has 0 saturated heterocycles. The van der Waals surface area contributed by atoms with Crippen molar-refractivity contribution in [1.29, 1.82) is 0 Å². The molecule has 1 saturated carbocycles. The largest absolute Gasteiger partial charge is 0.299 e. The van der Waals surface area contributed by atoms with Gasteiger partial charge in [-0.15, -0.1) is 0 Å². The van der Waals surface area contributed by atoms with Gasteiger partial charge in [0.05, 0.1) is 5.92 Å². The van der Waals surface area contributed by atoms with Crippen LogP contribution in [0.15, 0.2) is 0 Å². The number of rotatable bonds is 1. The molecule has 74 valence electrons. The molecule has 0 amide bonds. The van der Waals surface area contributed by atoms with Gasteiger partial charge in [0.15, 0.2) is 0 Å². The Balaban J connectivity index is 2.86. The number of ketones is 2. The SMILES string of the molecule is CC1CC(=O)C(C(C)(C)S)C(=O)C1. The molecular weight excluding hydrogens is 184 g/mol. The van der Waals surface area contributed by atoms with Crippen LogP contribution in [-0.2, 0) is 9.59 Å². The van der Waals surface area contributed by atoms with Crippen molar-refractivity contribution in [1.82, 2.24) is 0 Å². The maximum absolute atomic E-state index is 11.6. The highest BCUT2D eigenvalue weighted by molar-refractivity contribution is 7.81. The van der Waals surface area contributed by atoms with E-state index in [4.69, 9.17) is 0 Å².